The van der Waals surface area contributed by atoms with Gasteiger partial charge in [-0.2, -0.15) is 0 Å². The summed E-state index contributed by atoms with van der Waals surface area (Å²) in [6.07, 6.45) is 2.03. The fourth-order valence-electron chi connectivity index (χ4n) is 1.89. The first-order valence-electron chi connectivity index (χ1n) is 6.40. The molecule has 0 bridgehead atoms. The van der Waals surface area contributed by atoms with Gasteiger partial charge in [0.15, 0.2) is 0 Å². The van der Waals surface area contributed by atoms with E-state index in [1.54, 1.807) is 23.1 Å². The van der Waals surface area contributed by atoms with Gasteiger partial charge >= 0.3 is 0 Å². The highest BCUT2D eigenvalue weighted by Crippen LogP contribution is 2.34. The molecule has 0 unspecified atom stereocenters. The number of amidine groups is 1. The zero-order valence-electron chi connectivity index (χ0n) is 11.9. The summed E-state index contributed by atoms with van der Waals surface area (Å²) < 4.78 is 1.15. The Labute approximate surface area is 128 Å². The molecule has 0 amide bonds. The first kappa shape index (κ1) is 14.9. The van der Waals surface area contributed by atoms with Crippen molar-refractivity contribution < 1.29 is 0 Å². The largest absolute Gasteiger partial charge is 0.383 e. The van der Waals surface area contributed by atoms with Crippen LogP contribution >= 0.6 is 23.1 Å². The minimum atomic E-state index is 0.109. The topological polar surface area (TPSA) is 61.9 Å². The average Bonchev–Trinajstić information content (AvgIpc) is 2.82. The lowest BCUT2D eigenvalue weighted by Crippen LogP contribution is -2.10. The molecule has 0 aliphatic heterocycles. The molecular formula is C15H19N3S2. The van der Waals surface area contributed by atoms with Gasteiger partial charge in [-0.15, -0.1) is 23.1 Å². The van der Waals surface area contributed by atoms with Crippen molar-refractivity contribution in [2.24, 2.45) is 5.73 Å². The van der Waals surface area contributed by atoms with Gasteiger partial charge in [0.25, 0.3) is 0 Å². The second kappa shape index (κ2) is 6.33. The smallest absolute Gasteiger partial charge is 0.135 e. The lowest BCUT2D eigenvalue weighted by molar-refractivity contribution is 0.867. The van der Waals surface area contributed by atoms with Crippen LogP contribution in [0.15, 0.2) is 34.5 Å². The molecule has 0 aliphatic carbocycles. The Morgan fingerprint density at radius 2 is 2.10 bits per heavy atom. The predicted molar refractivity (Wildman–Crippen MR) is 90.9 cm³/mol. The summed E-state index contributed by atoms with van der Waals surface area (Å²) in [4.78, 5) is 0.796. The maximum absolute atomic E-state index is 7.68. The Bertz CT molecular complexity index is 617. The zero-order chi connectivity index (χ0) is 14.7. The Kier molecular flexibility index (Phi) is 4.73. The number of thioether (sulfide) groups is 1. The number of hydrogen-bond acceptors (Lipinski definition) is 4. The van der Waals surface area contributed by atoms with Crippen LogP contribution in [-0.2, 0) is 0 Å². The molecule has 1 aromatic heterocycles. The number of hydrogen-bond donors (Lipinski definition) is 3. The molecule has 0 spiro atoms. The number of nitrogen functional groups attached to an aromatic ring is 1. The van der Waals surface area contributed by atoms with Crippen LogP contribution < -0.4 is 11.1 Å². The fourth-order valence-corrected chi connectivity index (χ4v) is 3.42. The molecule has 4 N–H and O–H groups in total. The molecule has 2 aromatic rings. The van der Waals surface area contributed by atoms with Crippen molar-refractivity contribution >= 4 is 40.3 Å². The van der Waals surface area contributed by atoms with Gasteiger partial charge in [0.1, 0.15) is 5.84 Å². The minimum absolute atomic E-state index is 0.109. The molecule has 0 fully saturated rings. The molecule has 3 nitrogen and oxygen atoms in total. The molecule has 1 aromatic carbocycles. The molecule has 0 saturated carbocycles. The van der Waals surface area contributed by atoms with Crippen molar-refractivity contribution in [2.75, 3.05) is 11.6 Å². The molecule has 20 heavy (non-hydrogen) atoms. The lowest BCUT2D eigenvalue weighted by atomic mass is 10.0. The summed E-state index contributed by atoms with van der Waals surface area (Å²) in [6, 6.07) is 10.4. The highest BCUT2D eigenvalue weighted by Gasteiger charge is 2.12. The van der Waals surface area contributed by atoms with E-state index in [4.69, 9.17) is 11.1 Å². The fraction of sp³-hybridized carbons (Fsp3) is 0.267. The molecule has 5 heteroatoms. The molecule has 0 aliphatic rings. The summed E-state index contributed by atoms with van der Waals surface area (Å²) in [5.41, 5.74) is 8.89. The highest BCUT2D eigenvalue weighted by atomic mass is 32.2. The van der Waals surface area contributed by atoms with Crippen molar-refractivity contribution in [1.29, 1.82) is 5.41 Å². The molecule has 1 heterocycles. The summed E-state index contributed by atoms with van der Waals surface area (Å²) in [7, 11) is 0. The first-order chi connectivity index (χ1) is 9.51. The standard InChI is InChI=1S/C15H19N3S2/c1-9(2)10-5-4-6-11(7-10)18-12-8-13(19-3)20-14(12)15(16)17/h4-9,18H,1-3H3,(H3,16,17). The van der Waals surface area contributed by atoms with E-state index >= 15 is 0 Å². The quantitative estimate of drug-likeness (QED) is 0.429. The van der Waals surface area contributed by atoms with Gasteiger partial charge in [-0.1, -0.05) is 26.0 Å². The summed E-state index contributed by atoms with van der Waals surface area (Å²) in [6.45, 7) is 4.35. The van der Waals surface area contributed by atoms with E-state index in [0.29, 0.717) is 5.92 Å². The van der Waals surface area contributed by atoms with Crippen LogP contribution in [0.25, 0.3) is 0 Å². The molecular weight excluding hydrogens is 286 g/mol. The Morgan fingerprint density at radius 1 is 1.35 bits per heavy atom. The van der Waals surface area contributed by atoms with Crippen LogP contribution in [0.5, 0.6) is 0 Å². The van der Waals surface area contributed by atoms with E-state index < -0.39 is 0 Å². The Balaban J connectivity index is 2.31. The average molecular weight is 305 g/mol. The predicted octanol–water partition coefficient (Wildman–Crippen LogP) is 4.62. The van der Waals surface area contributed by atoms with Crippen LogP contribution in [0.4, 0.5) is 11.4 Å². The van der Waals surface area contributed by atoms with Crippen molar-refractivity contribution in [1.82, 2.24) is 0 Å². The van der Waals surface area contributed by atoms with Gasteiger partial charge in [0.2, 0.25) is 0 Å². The van der Waals surface area contributed by atoms with Crippen LogP contribution in [-0.4, -0.2) is 12.1 Å². The third-order valence-electron chi connectivity index (χ3n) is 2.99. The highest BCUT2D eigenvalue weighted by molar-refractivity contribution is 8.00. The van der Waals surface area contributed by atoms with E-state index in [9.17, 15) is 0 Å². The van der Waals surface area contributed by atoms with E-state index in [1.807, 2.05) is 24.5 Å². The lowest BCUT2D eigenvalue weighted by Gasteiger charge is -2.10. The van der Waals surface area contributed by atoms with Gasteiger partial charge in [0, 0.05) is 5.69 Å². The summed E-state index contributed by atoms with van der Waals surface area (Å²) in [5.74, 6) is 0.603. The van der Waals surface area contributed by atoms with E-state index in [1.165, 1.54) is 5.56 Å². The molecule has 0 radical (unpaired) electrons. The van der Waals surface area contributed by atoms with Crippen molar-refractivity contribution in [3.05, 3.63) is 40.8 Å². The monoisotopic (exact) mass is 305 g/mol. The van der Waals surface area contributed by atoms with Gasteiger partial charge in [-0.25, -0.2) is 0 Å². The second-order valence-electron chi connectivity index (χ2n) is 4.83. The summed E-state index contributed by atoms with van der Waals surface area (Å²) >= 11 is 3.21. The number of benzene rings is 1. The van der Waals surface area contributed by atoms with Crippen LogP contribution in [0.2, 0.25) is 0 Å². The molecule has 2 rings (SSSR count). The van der Waals surface area contributed by atoms with Gasteiger partial charge in [-0.05, 0) is 35.9 Å². The van der Waals surface area contributed by atoms with Crippen molar-refractivity contribution in [3.63, 3.8) is 0 Å². The van der Waals surface area contributed by atoms with Crippen molar-refractivity contribution in [3.8, 4) is 0 Å². The second-order valence-corrected chi connectivity index (χ2v) is 6.99. The molecule has 106 valence electrons. The van der Waals surface area contributed by atoms with Crippen molar-refractivity contribution in [2.45, 2.75) is 24.0 Å². The molecule has 0 atom stereocenters. The van der Waals surface area contributed by atoms with E-state index in [-0.39, 0.29) is 5.84 Å². The van der Waals surface area contributed by atoms with Gasteiger partial charge in [0.05, 0.1) is 14.8 Å². The number of nitrogens with two attached hydrogens (primary N) is 1. The van der Waals surface area contributed by atoms with Gasteiger partial charge < -0.3 is 11.1 Å². The Hall–Kier alpha value is -1.46. The first-order valence-corrected chi connectivity index (χ1v) is 8.44. The number of nitrogens with one attached hydrogen (secondary N) is 2. The van der Waals surface area contributed by atoms with E-state index in [0.717, 1.165) is 20.5 Å². The SMILES string of the molecule is CSc1cc(Nc2cccc(C(C)C)c2)c(C(=N)N)s1. The third-order valence-corrected chi connectivity index (χ3v) is 5.22. The minimum Gasteiger partial charge on any atom is -0.383 e. The third kappa shape index (κ3) is 3.35. The van der Waals surface area contributed by atoms with Gasteiger partial charge in [-0.3, -0.25) is 5.41 Å². The number of anilines is 2. The van der Waals surface area contributed by atoms with Crippen LogP contribution in [0.1, 0.15) is 30.2 Å². The molecule has 0 saturated heterocycles. The van der Waals surface area contributed by atoms with Crippen LogP contribution in [0.3, 0.4) is 0 Å². The number of rotatable bonds is 5. The van der Waals surface area contributed by atoms with E-state index in [2.05, 4.69) is 31.3 Å². The van der Waals surface area contributed by atoms with Crippen LogP contribution in [0, 0.1) is 5.41 Å². The Morgan fingerprint density at radius 3 is 2.70 bits per heavy atom. The zero-order valence-corrected chi connectivity index (χ0v) is 13.5. The maximum atomic E-state index is 7.68. The normalized spacial score (nSPS) is 10.8. The summed E-state index contributed by atoms with van der Waals surface area (Å²) in [5, 5.41) is 11.1. The number of thiophene rings is 1. The maximum Gasteiger partial charge on any atom is 0.135 e.